The lowest BCUT2D eigenvalue weighted by molar-refractivity contribution is 0.577. The van der Waals surface area contributed by atoms with Crippen molar-refractivity contribution in [1.82, 2.24) is 0 Å². The lowest BCUT2D eigenvalue weighted by atomic mass is 10.0. The molecule has 1 unspecified atom stereocenters. The zero-order valence-corrected chi connectivity index (χ0v) is 9.64. The van der Waals surface area contributed by atoms with Gasteiger partial charge in [0.1, 0.15) is 5.82 Å². The van der Waals surface area contributed by atoms with Gasteiger partial charge in [-0.3, -0.25) is 0 Å². The van der Waals surface area contributed by atoms with Crippen molar-refractivity contribution >= 4 is 15.9 Å². The second-order valence-electron chi connectivity index (χ2n) is 3.40. The molecule has 0 fully saturated rings. The van der Waals surface area contributed by atoms with Crippen LogP contribution in [0.3, 0.4) is 0 Å². The van der Waals surface area contributed by atoms with Crippen molar-refractivity contribution in [3.8, 4) is 0 Å². The van der Waals surface area contributed by atoms with E-state index in [-0.39, 0.29) is 11.9 Å². The van der Waals surface area contributed by atoms with E-state index in [9.17, 15) is 4.39 Å². The van der Waals surface area contributed by atoms with Gasteiger partial charge in [0.15, 0.2) is 0 Å². The monoisotopic (exact) mass is 257 g/mol. The summed E-state index contributed by atoms with van der Waals surface area (Å²) in [7, 11) is 0. The number of rotatable bonds is 3. The summed E-state index contributed by atoms with van der Waals surface area (Å²) in [5, 5.41) is 0. The highest BCUT2D eigenvalue weighted by Gasteiger charge is 2.14. The summed E-state index contributed by atoms with van der Waals surface area (Å²) in [5.74, 6) is -0.270. The number of hydrogen-bond donors (Lipinski definition) is 1. The molecular formula is C11H13BrFN. The predicted molar refractivity (Wildman–Crippen MR) is 60.5 cm³/mol. The first kappa shape index (κ1) is 11.4. The topological polar surface area (TPSA) is 26.0 Å². The summed E-state index contributed by atoms with van der Waals surface area (Å²) in [4.78, 5) is 0. The lowest BCUT2D eigenvalue weighted by Gasteiger charge is -2.14. The standard InChI is InChI=1S/C11H13BrFN/c1-7(2)6-10(14)11-8(12)4-3-5-9(11)13/h3-5,10H,1,6,14H2,2H3. The predicted octanol–water partition coefficient (Wildman–Crippen LogP) is 3.55. The summed E-state index contributed by atoms with van der Waals surface area (Å²) < 4.78 is 14.1. The summed E-state index contributed by atoms with van der Waals surface area (Å²) in [6, 6.07) is 4.52. The molecule has 76 valence electrons. The zero-order valence-electron chi connectivity index (χ0n) is 8.06. The summed E-state index contributed by atoms with van der Waals surface area (Å²) in [6.45, 7) is 5.65. The van der Waals surface area contributed by atoms with Gasteiger partial charge < -0.3 is 5.73 Å². The Kier molecular flexibility index (Phi) is 3.84. The highest BCUT2D eigenvalue weighted by Crippen LogP contribution is 2.27. The Morgan fingerprint density at radius 1 is 1.64 bits per heavy atom. The molecule has 0 radical (unpaired) electrons. The van der Waals surface area contributed by atoms with Crippen molar-refractivity contribution in [2.75, 3.05) is 0 Å². The molecule has 0 saturated heterocycles. The second-order valence-corrected chi connectivity index (χ2v) is 4.26. The fourth-order valence-corrected chi connectivity index (χ4v) is 1.98. The van der Waals surface area contributed by atoms with Gasteiger partial charge in [-0.1, -0.05) is 27.6 Å². The van der Waals surface area contributed by atoms with Crippen molar-refractivity contribution < 1.29 is 4.39 Å². The first-order valence-corrected chi connectivity index (χ1v) is 5.15. The number of benzene rings is 1. The smallest absolute Gasteiger partial charge is 0.129 e. The highest BCUT2D eigenvalue weighted by atomic mass is 79.9. The van der Waals surface area contributed by atoms with Gasteiger partial charge in [0.2, 0.25) is 0 Å². The molecule has 1 aromatic carbocycles. The normalized spacial score (nSPS) is 12.6. The lowest BCUT2D eigenvalue weighted by Crippen LogP contribution is -2.13. The number of halogens is 2. The molecule has 1 rings (SSSR count). The van der Waals surface area contributed by atoms with E-state index in [0.717, 1.165) is 5.57 Å². The van der Waals surface area contributed by atoms with Crippen molar-refractivity contribution in [2.45, 2.75) is 19.4 Å². The molecular weight excluding hydrogens is 245 g/mol. The van der Waals surface area contributed by atoms with Gasteiger partial charge in [-0.15, -0.1) is 6.58 Å². The van der Waals surface area contributed by atoms with Gasteiger partial charge in [0, 0.05) is 16.1 Å². The molecule has 0 aliphatic heterocycles. The van der Waals surface area contributed by atoms with Crippen LogP contribution in [0, 0.1) is 5.82 Å². The SMILES string of the molecule is C=C(C)CC(N)c1c(F)cccc1Br. The molecule has 0 aromatic heterocycles. The first-order valence-electron chi connectivity index (χ1n) is 4.36. The minimum absolute atomic E-state index is 0.270. The molecule has 1 aromatic rings. The molecule has 0 aliphatic rings. The van der Waals surface area contributed by atoms with Gasteiger partial charge in [-0.2, -0.15) is 0 Å². The van der Waals surface area contributed by atoms with Crippen molar-refractivity contribution in [2.24, 2.45) is 5.73 Å². The van der Waals surface area contributed by atoms with Crippen LogP contribution in [0.1, 0.15) is 24.9 Å². The number of nitrogens with two attached hydrogens (primary N) is 1. The Bertz CT molecular complexity index is 329. The minimum atomic E-state index is -0.330. The van der Waals surface area contributed by atoms with E-state index in [1.165, 1.54) is 6.07 Å². The van der Waals surface area contributed by atoms with Crippen molar-refractivity contribution in [3.05, 3.63) is 46.2 Å². The third-order valence-electron chi connectivity index (χ3n) is 1.94. The maximum Gasteiger partial charge on any atom is 0.129 e. The molecule has 0 aliphatic carbocycles. The Morgan fingerprint density at radius 2 is 2.29 bits per heavy atom. The van der Waals surface area contributed by atoms with E-state index < -0.39 is 0 Å². The van der Waals surface area contributed by atoms with Crippen LogP contribution >= 0.6 is 15.9 Å². The number of hydrogen-bond acceptors (Lipinski definition) is 1. The fraction of sp³-hybridized carbons (Fsp3) is 0.273. The maximum absolute atomic E-state index is 13.4. The van der Waals surface area contributed by atoms with Crippen LogP contribution in [0.5, 0.6) is 0 Å². The van der Waals surface area contributed by atoms with E-state index in [2.05, 4.69) is 22.5 Å². The second kappa shape index (κ2) is 4.71. The van der Waals surface area contributed by atoms with E-state index in [1.807, 2.05) is 6.92 Å². The first-order chi connectivity index (χ1) is 6.52. The molecule has 1 atom stereocenters. The van der Waals surface area contributed by atoms with Crippen LogP contribution in [0.2, 0.25) is 0 Å². The average molecular weight is 258 g/mol. The molecule has 0 spiro atoms. The van der Waals surface area contributed by atoms with Crippen LogP contribution in [0.4, 0.5) is 4.39 Å². The minimum Gasteiger partial charge on any atom is -0.324 e. The van der Waals surface area contributed by atoms with Crippen molar-refractivity contribution in [3.63, 3.8) is 0 Å². The van der Waals surface area contributed by atoms with E-state index in [0.29, 0.717) is 16.5 Å². The molecule has 0 amide bonds. The molecule has 0 bridgehead atoms. The molecule has 14 heavy (non-hydrogen) atoms. The van der Waals surface area contributed by atoms with E-state index in [4.69, 9.17) is 5.73 Å². The fourth-order valence-electron chi connectivity index (χ4n) is 1.34. The molecule has 3 heteroatoms. The molecule has 2 N–H and O–H groups in total. The van der Waals surface area contributed by atoms with Crippen LogP contribution in [0.25, 0.3) is 0 Å². The Balaban J connectivity index is 2.99. The third kappa shape index (κ3) is 2.66. The summed E-state index contributed by atoms with van der Waals surface area (Å²) >= 11 is 3.29. The maximum atomic E-state index is 13.4. The van der Waals surface area contributed by atoms with Crippen molar-refractivity contribution in [1.29, 1.82) is 0 Å². The molecule has 0 heterocycles. The third-order valence-corrected chi connectivity index (χ3v) is 2.63. The van der Waals surface area contributed by atoms with Crippen LogP contribution in [-0.4, -0.2) is 0 Å². The Morgan fingerprint density at radius 3 is 2.79 bits per heavy atom. The van der Waals surface area contributed by atoms with Crippen LogP contribution in [-0.2, 0) is 0 Å². The Labute approximate surface area is 91.9 Å². The van der Waals surface area contributed by atoms with E-state index >= 15 is 0 Å². The van der Waals surface area contributed by atoms with Gasteiger partial charge >= 0.3 is 0 Å². The highest BCUT2D eigenvalue weighted by molar-refractivity contribution is 9.10. The van der Waals surface area contributed by atoms with Crippen LogP contribution in [0.15, 0.2) is 34.8 Å². The molecule has 0 saturated carbocycles. The van der Waals surface area contributed by atoms with Gasteiger partial charge in [0.05, 0.1) is 0 Å². The largest absolute Gasteiger partial charge is 0.324 e. The quantitative estimate of drug-likeness (QED) is 0.824. The van der Waals surface area contributed by atoms with E-state index in [1.54, 1.807) is 12.1 Å². The Hall–Kier alpha value is -0.670. The van der Waals surface area contributed by atoms with Gasteiger partial charge in [-0.25, -0.2) is 4.39 Å². The van der Waals surface area contributed by atoms with Gasteiger partial charge in [-0.05, 0) is 25.5 Å². The average Bonchev–Trinajstić information content (AvgIpc) is 2.01. The zero-order chi connectivity index (χ0) is 10.7. The molecule has 1 nitrogen and oxygen atoms in total. The summed E-state index contributed by atoms with van der Waals surface area (Å²) in [5.41, 5.74) is 7.34. The van der Waals surface area contributed by atoms with Crippen LogP contribution < -0.4 is 5.73 Å². The van der Waals surface area contributed by atoms with Gasteiger partial charge in [0.25, 0.3) is 0 Å². The summed E-state index contributed by atoms with van der Waals surface area (Å²) in [6.07, 6.45) is 0.597.